The fourth-order valence-corrected chi connectivity index (χ4v) is 4.29. The molecule has 2 N–H and O–H groups in total. The lowest BCUT2D eigenvalue weighted by molar-refractivity contribution is -0.133. The molecule has 3 fully saturated rings. The number of carbonyl (C=O) groups excluding carboxylic acids is 1. The number of hydrogen-bond acceptors (Lipinski definition) is 4. The first kappa shape index (κ1) is 14.8. The normalized spacial score (nSPS) is 26.3. The minimum Gasteiger partial charge on any atom is -0.506 e. The quantitative estimate of drug-likeness (QED) is 0.867. The van der Waals surface area contributed by atoms with E-state index in [2.05, 4.69) is 10.2 Å². The van der Waals surface area contributed by atoms with Crippen molar-refractivity contribution in [1.29, 1.82) is 0 Å². The van der Waals surface area contributed by atoms with Gasteiger partial charge in [0.2, 0.25) is 5.91 Å². The molecule has 2 saturated heterocycles. The van der Waals surface area contributed by atoms with E-state index < -0.39 is 0 Å². The van der Waals surface area contributed by atoms with Crippen LogP contribution in [0.2, 0.25) is 0 Å². The van der Waals surface area contributed by atoms with Crippen LogP contribution in [0.4, 0.5) is 5.69 Å². The molecule has 0 radical (unpaired) electrons. The van der Waals surface area contributed by atoms with Crippen LogP contribution in [-0.4, -0.2) is 55.2 Å². The average Bonchev–Trinajstić information content (AvgIpc) is 3.28. The Morgan fingerprint density at radius 1 is 1.13 bits per heavy atom. The molecule has 124 valence electrons. The zero-order valence-electron chi connectivity index (χ0n) is 13.5. The van der Waals surface area contributed by atoms with Crippen LogP contribution in [0.25, 0.3) is 0 Å². The highest BCUT2D eigenvalue weighted by Crippen LogP contribution is 2.59. The lowest BCUT2D eigenvalue weighted by Crippen LogP contribution is -2.49. The molecular weight excluding hydrogens is 290 g/mol. The number of nitrogens with zero attached hydrogens (tertiary/aromatic N) is 2. The van der Waals surface area contributed by atoms with E-state index in [-0.39, 0.29) is 5.92 Å². The summed E-state index contributed by atoms with van der Waals surface area (Å²) in [6.07, 6.45) is 3.40. The Bertz CT molecular complexity index is 590. The van der Waals surface area contributed by atoms with Gasteiger partial charge in [-0.2, -0.15) is 0 Å². The van der Waals surface area contributed by atoms with Crippen molar-refractivity contribution in [2.45, 2.75) is 19.3 Å². The molecule has 1 saturated carbocycles. The Kier molecular flexibility index (Phi) is 3.68. The summed E-state index contributed by atoms with van der Waals surface area (Å²) in [5, 5.41) is 13.4. The van der Waals surface area contributed by atoms with Gasteiger partial charge in [0.25, 0.3) is 0 Å². The summed E-state index contributed by atoms with van der Waals surface area (Å²) in [6.45, 7) is 5.24. The number of piperidine rings is 1. The number of amides is 1. The van der Waals surface area contributed by atoms with Gasteiger partial charge in [-0.15, -0.1) is 0 Å². The molecule has 3 aliphatic rings. The second-order valence-electron chi connectivity index (χ2n) is 7.17. The number of nitrogens with one attached hydrogen (secondary N) is 1. The number of anilines is 1. The van der Waals surface area contributed by atoms with Gasteiger partial charge in [0.15, 0.2) is 0 Å². The van der Waals surface area contributed by atoms with Gasteiger partial charge in [0, 0.05) is 32.1 Å². The van der Waals surface area contributed by atoms with Crippen molar-refractivity contribution in [3.05, 3.63) is 24.3 Å². The van der Waals surface area contributed by atoms with Crippen LogP contribution in [-0.2, 0) is 4.79 Å². The average molecular weight is 315 g/mol. The maximum absolute atomic E-state index is 12.8. The molecule has 1 aromatic carbocycles. The first-order valence-corrected chi connectivity index (χ1v) is 8.72. The molecule has 23 heavy (non-hydrogen) atoms. The molecule has 5 nitrogen and oxygen atoms in total. The maximum atomic E-state index is 12.8. The van der Waals surface area contributed by atoms with Crippen molar-refractivity contribution in [3.8, 4) is 5.75 Å². The molecule has 1 aromatic rings. The molecule has 4 rings (SSSR count). The van der Waals surface area contributed by atoms with Crippen molar-refractivity contribution in [2.24, 2.45) is 11.3 Å². The van der Waals surface area contributed by atoms with E-state index in [9.17, 15) is 9.90 Å². The van der Waals surface area contributed by atoms with Crippen LogP contribution in [0.15, 0.2) is 24.3 Å². The van der Waals surface area contributed by atoms with Crippen molar-refractivity contribution in [1.82, 2.24) is 10.2 Å². The molecule has 0 aromatic heterocycles. The highest BCUT2D eigenvalue weighted by Gasteiger charge is 2.58. The van der Waals surface area contributed by atoms with Crippen molar-refractivity contribution in [3.63, 3.8) is 0 Å². The highest BCUT2D eigenvalue weighted by molar-refractivity contribution is 5.83. The van der Waals surface area contributed by atoms with E-state index in [4.69, 9.17) is 0 Å². The Balaban J connectivity index is 1.35. The largest absolute Gasteiger partial charge is 0.506 e. The summed E-state index contributed by atoms with van der Waals surface area (Å²) in [5.74, 6) is 0.952. The molecule has 1 aliphatic carbocycles. The van der Waals surface area contributed by atoms with Gasteiger partial charge in [-0.3, -0.25) is 4.79 Å². The topological polar surface area (TPSA) is 55.8 Å². The first-order valence-electron chi connectivity index (χ1n) is 8.72. The fraction of sp³-hybridized carbons (Fsp3) is 0.611. The fourth-order valence-electron chi connectivity index (χ4n) is 4.29. The van der Waals surface area contributed by atoms with Gasteiger partial charge < -0.3 is 20.2 Å². The second kappa shape index (κ2) is 5.71. The van der Waals surface area contributed by atoms with Gasteiger partial charge in [0.1, 0.15) is 5.75 Å². The van der Waals surface area contributed by atoms with Gasteiger partial charge >= 0.3 is 0 Å². The molecule has 2 heterocycles. The van der Waals surface area contributed by atoms with E-state index in [1.165, 1.54) is 0 Å². The van der Waals surface area contributed by atoms with Crippen molar-refractivity contribution in [2.75, 3.05) is 44.2 Å². The van der Waals surface area contributed by atoms with Crippen LogP contribution in [0.3, 0.4) is 0 Å². The van der Waals surface area contributed by atoms with Crippen LogP contribution in [0.1, 0.15) is 19.3 Å². The number of aromatic hydroxyl groups is 1. The van der Waals surface area contributed by atoms with Crippen LogP contribution >= 0.6 is 0 Å². The Hall–Kier alpha value is -1.75. The van der Waals surface area contributed by atoms with E-state index in [1.54, 1.807) is 6.07 Å². The third-order valence-electron chi connectivity index (χ3n) is 5.90. The highest BCUT2D eigenvalue weighted by atomic mass is 16.3. The van der Waals surface area contributed by atoms with Crippen molar-refractivity contribution < 1.29 is 9.90 Å². The number of piperazine rings is 1. The van der Waals surface area contributed by atoms with E-state index in [0.717, 1.165) is 64.2 Å². The van der Waals surface area contributed by atoms with E-state index in [1.807, 2.05) is 23.1 Å². The van der Waals surface area contributed by atoms with Crippen LogP contribution in [0, 0.1) is 11.3 Å². The summed E-state index contributed by atoms with van der Waals surface area (Å²) >= 11 is 0. The number of hydrogen-bond donors (Lipinski definition) is 2. The second-order valence-corrected chi connectivity index (χ2v) is 7.17. The molecule has 5 heteroatoms. The summed E-state index contributed by atoms with van der Waals surface area (Å²) in [7, 11) is 0. The van der Waals surface area contributed by atoms with Gasteiger partial charge in [0.05, 0.1) is 5.69 Å². The Morgan fingerprint density at radius 3 is 2.52 bits per heavy atom. The van der Waals surface area contributed by atoms with E-state index >= 15 is 0 Å². The van der Waals surface area contributed by atoms with Crippen LogP contribution in [0.5, 0.6) is 5.75 Å². The number of phenolic OH excluding ortho intramolecular Hbond substituents is 1. The molecule has 2 aliphatic heterocycles. The SMILES string of the molecule is O=C(C1CC12CCNCC2)N1CCN(c2ccccc2O)CC1. The number of carbonyl (C=O) groups is 1. The zero-order chi connectivity index (χ0) is 15.9. The molecule has 1 spiro atoms. The number of phenols is 1. The molecule has 0 bridgehead atoms. The predicted octanol–water partition coefficient (Wildman–Crippen LogP) is 1.43. The van der Waals surface area contributed by atoms with Gasteiger partial charge in [-0.05, 0) is 49.9 Å². The Morgan fingerprint density at radius 2 is 1.83 bits per heavy atom. The smallest absolute Gasteiger partial charge is 0.226 e. The summed E-state index contributed by atoms with van der Waals surface area (Å²) < 4.78 is 0. The summed E-state index contributed by atoms with van der Waals surface area (Å²) in [6, 6.07) is 7.44. The number of rotatable bonds is 2. The maximum Gasteiger partial charge on any atom is 0.226 e. The minimum absolute atomic E-state index is 0.265. The van der Waals surface area contributed by atoms with Crippen LogP contribution < -0.4 is 10.2 Å². The molecule has 1 atom stereocenters. The lowest BCUT2D eigenvalue weighted by Gasteiger charge is -2.37. The lowest BCUT2D eigenvalue weighted by atomic mass is 9.91. The molecule has 1 amide bonds. The summed E-state index contributed by atoms with van der Waals surface area (Å²) in [4.78, 5) is 17.0. The standard InChI is InChI=1S/C18H25N3O2/c22-16-4-2-1-3-15(16)20-9-11-21(12-10-20)17(23)14-13-18(14)5-7-19-8-6-18/h1-4,14,19,22H,5-13H2. The number of benzene rings is 1. The number of para-hydroxylation sites is 2. The van der Waals surface area contributed by atoms with Gasteiger partial charge in [-0.1, -0.05) is 12.1 Å². The Labute approximate surface area is 137 Å². The molecule has 1 unspecified atom stereocenters. The summed E-state index contributed by atoms with van der Waals surface area (Å²) in [5.41, 5.74) is 1.19. The zero-order valence-corrected chi connectivity index (χ0v) is 13.5. The minimum atomic E-state index is 0.265. The first-order chi connectivity index (χ1) is 11.2. The third kappa shape index (κ3) is 2.67. The molecular formula is C18H25N3O2. The predicted molar refractivity (Wildman–Crippen MR) is 89.5 cm³/mol. The monoisotopic (exact) mass is 315 g/mol. The van der Waals surface area contributed by atoms with Gasteiger partial charge in [-0.25, -0.2) is 0 Å². The van der Waals surface area contributed by atoms with E-state index in [0.29, 0.717) is 17.1 Å². The third-order valence-corrected chi connectivity index (χ3v) is 5.90. The van der Waals surface area contributed by atoms with Crippen molar-refractivity contribution >= 4 is 11.6 Å².